The molecule has 0 radical (unpaired) electrons. The molecular formula is C16H15N3O4S2. The number of aromatic nitrogens is 2. The molecule has 3 rings (SSSR count). The molecule has 25 heavy (non-hydrogen) atoms. The Morgan fingerprint density at radius 3 is 2.80 bits per heavy atom. The van der Waals surface area contributed by atoms with E-state index >= 15 is 0 Å². The molecule has 0 saturated heterocycles. The van der Waals surface area contributed by atoms with E-state index in [0.29, 0.717) is 11.3 Å². The molecule has 0 fully saturated rings. The van der Waals surface area contributed by atoms with Gasteiger partial charge >= 0.3 is 6.09 Å². The van der Waals surface area contributed by atoms with Crippen LogP contribution in [0.15, 0.2) is 52.4 Å². The molecule has 0 saturated carbocycles. The Balaban J connectivity index is 2.14. The second-order valence-electron chi connectivity index (χ2n) is 5.35. The van der Waals surface area contributed by atoms with Crippen LogP contribution in [0.25, 0.3) is 11.3 Å². The lowest BCUT2D eigenvalue weighted by atomic mass is 10.1. The lowest BCUT2D eigenvalue weighted by Crippen LogP contribution is -2.19. The molecule has 7 nitrogen and oxygen atoms in total. The third kappa shape index (κ3) is 3.42. The van der Waals surface area contributed by atoms with Crippen LogP contribution in [-0.4, -0.2) is 28.6 Å². The normalized spacial score (nSPS) is 11.4. The van der Waals surface area contributed by atoms with Crippen molar-refractivity contribution < 1.29 is 18.3 Å². The minimum absolute atomic E-state index is 0.0150. The van der Waals surface area contributed by atoms with Crippen LogP contribution in [-0.2, 0) is 16.6 Å². The number of aryl methyl sites for hydroxylation is 1. The molecule has 1 amide bonds. The molecule has 0 bridgehead atoms. The Morgan fingerprint density at radius 2 is 2.20 bits per heavy atom. The molecule has 0 aliphatic heterocycles. The lowest BCUT2D eigenvalue weighted by molar-refractivity contribution is 0.194. The zero-order valence-corrected chi connectivity index (χ0v) is 14.8. The summed E-state index contributed by atoms with van der Waals surface area (Å²) in [5.74, 6) is 0. The van der Waals surface area contributed by atoms with Gasteiger partial charge in [0.1, 0.15) is 4.90 Å². The first-order valence-corrected chi connectivity index (χ1v) is 9.64. The molecule has 2 N–H and O–H groups in total. The Morgan fingerprint density at radius 1 is 1.40 bits per heavy atom. The molecule has 3 aromatic rings. The highest BCUT2D eigenvalue weighted by Crippen LogP contribution is 2.31. The largest absolute Gasteiger partial charge is 0.465 e. The second-order valence-corrected chi connectivity index (χ2v) is 7.91. The first-order valence-electron chi connectivity index (χ1n) is 7.26. The van der Waals surface area contributed by atoms with Crippen molar-refractivity contribution in [2.75, 3.05) is 0 Å². The van der Waals surface area contributed by atoms with Gasteiger partial charge in [-0.2, -0.15) is 11.3 Å². The molecule has 0 aromatic carbocycles. The van der Waals surface area contributed by atoms with Crippen molar-refractivity contribution in [2.45, 2.75) is 18.4 Å². The quantitative estimate of drug-likeness (QED) is 0.712. The van der Waals surface area contributed by atoms with E-state index in [0.717, 1.165) is 11.1 Å². The summed E-state index contributed by atoms with van der Waals surface area (Å²) in [6, 6.07) is 4.71. The Hall–Kier alpha value is -2.65. The number of hydrogen-bond donors (Lipinski definition) is 2. The van der Waals surface area contributed by atoms with E-state index in [2.05, 4.69) is 10.3 Å². The van der Waals surface area contributed by atoms with Crippen molar-refractivity contribution >= 4 is 27.5 Å². The summed E-state index contributed by atoms with van der Waals surface area (Å²) in [4.78, 5) is 14.7. The van der Waals surface area contributed by atoms with Crippen molar-refractivity contribution in [1.29, 1.82) is 0 Å². The number of nitrogens with one attached hydrogen (secondary N) is 1. The second kappa shape index (κ2) is 6.69. The summed E-state index contributed by atoms with van der Waals surface area (Å²) in [6.45, 7) is 1.91. The van der Waals surface area contributed by atoms with Crippen molar-refractivity contribution in [2.24, 2.45) is 0 Å². The van der Waals surface area contributed by atoms with Gasteiger partial charge in [0.2, 0.25) is 0 Å². The van der Waals surface area contributed by atoms with E-state index in [-0.39, 0.29) is 11.4 Å². The van der Waals surface area contributed by atoms with Crippen LogP contribution in [0.2, 0.25) is 0 Å². The predicted molar refractivity (Wildman–Crippen MR) is 94.2 cm³/mol. The van der Waals surface area contributed by atoms with E-state index in [1.807, 2.05) is 17.7 Å². The number of pyridine rings is 1. The standard InChI is InChI=1S/C16H15N3O4S2/c1-11-9-24-10-14(11)15-5-12(6-18-16(20)21)8-19(15)25(22,23)13-3-2-4-17-7-13/h2-5,7-10,18H,6H2,1H3,(H,20,21). The maximum Gasteiger partial charge on any atom is 0.404 e. The van der Waals surface area contributed by atoms with Gasteiger partial charge in [0.15, 0.2) is 0 Å². The first kappa shape index (κ1) is 17.2. The maximum atomic E-state index is 13.0. The molecule has 0 unspecified atom stereocenters. The number of carboxylic acid groups (broad SMARTS) is 1. The fourth-order valence-corrected chi connectivity index (χ4v) is 4.60. The highest BCUT2D eigenvalue weighted by molar-refractivity contribution is 7.90. The summed E-state index contributed by atoms with van der Waals surface area (Å²) in [6.07, 6.45) is 3.05. The minimum Gasteiger partial charge on any atom is -0.465 e. The van der Waals surface area contributed by atoms with Crippen LogP contribution in [0.3, 0.4) is 0 Å². The van der Waals surface area contributed by atoms with E-state index in [1.165, 1.54) is 40.0 Å². The number of amides is 1. The van der Waals surface area contributed by atoms with Gasteiger partial charge in [0.05, 0.1) is 5.69 Å². The Kier molecular flexibility index (Phi) is 4.60. The third-order valence-electron chi connectivity index (χ3n) is 3.61. The number of carbonyl (C=O) groups is 1. The van der Waals surface area contributed by atoms with E-state index in [4.69, 9.17) is 5.11 Å². The van der Waals surface area contributed by atoms with Gasteiger partial charge in [-0.15, -0.1) is 0 Å². The van der Waals surface area contributed by atoms with Crippen molar-refractivity contribution in [1.82, 2.24) is 14.3 Å². The number of nitrogens with zero attached hydrogens (tertiary/aromatic N) is 2. The van der Waals surface area contributed by atoms with Crippen molar-refractivity contribution in [3.05, 3.63) is 58.7 Å². The van der Waals surface area contributed by atoms with Crippen molar-refractivity contribution in [3.63, 3.8) is 0 Å². The SMILES string of the molecule is Cc1cscc1-c1cc(CNC(=O)O)cn1S(=O)(=O)c1cccnc1. The summed E-state index contributed by atoms with van der Waals surface area (Å²) in [7, 11) is -3.85. The van der Waals surface area contributed by atoms with Gasteiger partial charge in [0, 0.05) is 36.1 Å². The van der Waals surface area contributed by atoms with Crippen LogP contribution >= 0.6 is 11.3 Å². The molecule has 3 heterocycles. The number of rotatable bonds is 5. The lowest BCUT2D eigenvalue weighted by Gasteiger charge is -2.10. The smallest absolute Gasteiger partial charge is 0.404 e. The third-order valence-corrected chi connectivity index (χ3v) is 6.13. The molecule has 0 spiro atoms. The highest BCUT2D eigenvalue weighted by Gasteiger charge is 2.23. The summed E-state index contributed by atoms with van der Waals surface area (Å²) >= 11 is 1.47. The van der Waals surface area contributed by atoms with Crippen LogP contribution in [0.1, 0.15) is 11.1 Å². The van der Waals surface area contributed by atoms with E-state index in [1.54, 1.807) is 12.1 Å². The summed E-state index contributed by atoms with van der Waals surface area (Å²) < 4.78 is 27.2. The fourth-order valence-electron chi connectivity index (χ4n) is 2.40. The number of hydrogen-bond acceptors (Lipinski definition) is 5. The number of thiophene rings is 1. The minimum atomic E-state index is -3.85. The van der Waals surface area contributed by atoms with E-state index in [9.17, 15) is 13.2 Å². The summed E-state index contributed by atoms with van der Waals surface area (Å²) in [5, 5.41) is 14.8. The Bertz CT molecular complexity index is 1010. The summed E-state index contributed by atoms with van der Waals surface area (Å²) in [5.41, 5.74) is 2.78. The zero-order chi connectivity index (χ0) is 18.0. The van der Waals surface area contributed by atoms with Crippen LogP contribution in [0.4, 0.5) is 4.79 Å². The molecule has 3 aromatic heterocycles. The predicted octanol–water partition coefficient (Wildman–Crippen LogP) is 2.92. The van der Waals surface area contributed by atoms with E-state index < -0.39 is 16.1 Å². The van der Waals surface area contributed by atoms with Gasteiger partial charge in [0.25, 0.3) is 10.0 Å². The van der Waals surface area contributed by atoms with Crippen LogP contribution < -0.4 is 5.32 Å². The molecule has 0 aliphatic carbocycles. The Labute approximate surface area is 148 Å². The molecule has 9 heteroatoms. The van der Waals surface area contributed by atoms with Gasteiger partial charge < -0.3 is 10.4 Å². The highest BCUT2D eigenvalue weighted by atomic mass is 32.2. The zero-order valence-electron chi connectivity index (χ0n) is 13.2. The molecular weight excluding hydrogens is 362 g/mol. The van der Waals surface area contributed by atoms with Crippen LogP contribution in [0.5, 0.6) is 0 Å². The van der Waals surface area contributed by atoms with Gasteiger partial charge in [-0.25, -0.2) is 17.2 Å². The van der Waals surface area contributed by atoms with Crippen molar-refractivity contribution in [3.8, 4) is 11.3 Å². The average molecular weight is 377 g/mol. The van der Waals surface area contributed by atoms with Crippen LogP contribution in [0, 0.1) is 6.92 Å². The monoisotopic (exact) mass is 377 g/mol. The molecule has 0 atom stereocenters. The fraction of sp³-hybridized carbons (Fsp3) is 0.125. The molecule has 0 aliphatic rings. The first-order chi connectivity index (χ1) is 11.9. The van der Waals surface area contributed by atoms with Gasteiger partial charge in [-0.1, -0.05) is 0 Å². The molecule has 130 valence electrons. The average Bonchev–Trinajstić information content (AvgIpc) is 3.20. The van der Waals surface area contributed by atoms with Gasteiger partial charge in [-0.3, -0.25) is 4.98 Å². The maximum absolute atomic E-state index is 13.0. The topological polar surface area (TPSA) is 101 Å². The van der Waals surface area contributed by atoms with Gasteiger partial charge in [-0.05, 0) is 41.6 Å².